The van der Waals surface area contributed by atoms with Gasteiger partial charge in [-0.15, -0.1) is 0 Å². The van der Waals surface area contributed by atoms with Crippen LogP contribution in [0.15, 0.2) is 46.8 Å². The summed E-state index contributed by atoms with van der Waals surface area (Å²) in [6.45, 7) is 2.48. The van der Waals surface area contributed by atoms with Gasteiger partial charge >= 0.3 is 0 Å². The minimum absolute atomic E-state index is 0.0612. The van der Waals surface area contributed by atoms with Crippen LogP contribution >= 0.6 is 0 Å². The molecule has 5 nitrogen and oxygen atoms in total. The third-order valence-electron chi connectivity index (χ3n) is 3.36. The van der Waals surface area contributed by atoms with E-state index in [2.05, 4.69) is 4.98 Å². The van der Waals surface area contributed by atoms with Crippen LogP contribution in [0, 0.1) is 6.42 Å². The van der Waals surface area contributed by atoms with Crippen LogP contribution in [0.5, 0.6) is 0 Å². The van der Waals surface area contributed by atoms with Crippen molar-refractivity contribution < 1.29 is 17.5 Å². The van der Waals surface area contributed by atoms with Crippen molar-refractivity contribution in [1.82, 2.24) is 4.98 Å². The van der Waals surface area contributed by atoms with Gasteiger partial charge in [0.2, 0.25) is 0 Å². The highest BCUT2D eigenvalue weighted by atomic mass is 32.2. The molecule has 23 heavy (non-hydrogen) atoms. The molecule has 0 unspecified atom stereocenters. The van der Waals surface area contributed by atoms with Gasteiger partial charge in [0.05, 0.1) is 16.8 Å². The largest absolute Gasteiger partial charge is 0.377 e. The molecular weight excluding hydrogens is 319 g/mol. The SMILES string of the molecule is CCOCC1=CC(F)=C[C@H](S(=O)(=O)c2ccc(N(C)C)nc2)[CH]1. The Balaban J connectivity index is 2.24. The molecule has 0 saturated heterocycles. The number of aromatic nitrogens is 1. The van der Waals surface area contributed by atoms with Gasteiger partial charge in [0, 0.05) is 33.3 Å². The molecule has 2 rings (SSSR count). The fraction of sp³-hybridized carbons (Fsp3) is 0.375. The zero-order chi connectivity index (χ0) is 17.0. The van der Waals surface area contributed by atoms with Crippen molar-refractivity contribution in [2.24, 2.45) is 0 Å². The van der Waals surface area contributed by atoms with E-state index >= 15 is 0 Å². The molecule has 1 atom stereocenters. The van der Waals surface area contributed by atoms with E-state index in [-0.39, 0.29) is 11.5 Å². The smallest absolute Gasteiger partial charge is 0.187 e. The molecule has 1 aromatic rings. The highest BCUT2D eigenvalue weighted by Crippen LogP contribution is 2.27. The maximum atomic E-state index is 13.7. The van der Waals surface area contributed by atoms with Crippen molar-refractivity contribution in [2.75, 3.05) is 32.2 Å². The van der Waals surface area contributed by atoms with Gasteiger partial charge in [-0.1, -0.05) is 0 Å². The first-order chi connectivity index (χ1) is 10.8. The van der Waals surface area contributed by atoms with Gasteiger partial charge in [0.15, 0.2) is 9.84 Å². The maximum absolute atomic E-state index is 13.7. The lowest BCUT2D eigenvalue weighted by Gasteiger charge is -2.20. The second-order valence-corrected chi connectivity index (χ2v) is 7.44. The van der Waals surface area contributed by atoms with Gasteiger partial charge in [0.1, 0.15) is 11.6 Å². The summed E-state index contributed by atoms with van der Waals surface area (Å²) in [6.07, 6.45) is 5.18. The molecule has 1 heterocycles. The number of nitrogens with zero attached hydrogens (tertiary/aromatic N) is 2. The van der Waals surface area contributed by atoms with Gasteiger partial charge in [0.25, 0.3) is 0 Å². The minimum atomic E-state index is -3.74. The fourth-order valence-corrected chi connectivity index (χ4v) is 3.58. The third kappa shape index (κ3) is 4.17. The number of ether oxygens (including phenoxy) is 1. The lowest BCUT2D eigenvalue weighted by molar-refractivity contribution is 0.171. The van der Waals surface area contributed by atoms with Crippen LogP contribution in [-0.4, -0.2) is 46.0 Å². The Labute approximate surface area is 136 Å². The van der Waals surface area contributed by atoms with Gasteiger partial charge in [-0.3, -0.25) is 0 Å². The molecule has 125 valence electrons. The fourth-order valence-electron chi connectivity index (χ4n) is 2.14. The van der Waals surface area contributed by atoms with Crippen LogP contribution in [0.4, 0.5) is 10.2 Å². The highest BCUT2D eigenvalue weighted by Gasteiger charge is 2.30. The summed E-state index contributed by atoms with van der Waals surface area (Å²) >= 11 is 0. The second kappa shape index (κ2) is 7.23. The van der Waals surface area contributed by atoms with Crippen molar-refractivity contribution in [3.63, 3.8) is 0 Å². The summed E-state index contributed by atoms with van der Waals surface area (Å²) in [6, 6.07) is 3.10. The Hall–Kier alpha value is -1.73. The predicted octanol–water partition coefficient (Wildman–Crippen LogP) is 2.32. The lowest BCUT2D eigenvalue weighted by Crippen LogP contribution is -2.24. The van der Waals surface area contributed by atoms with Crippen LogP contribution in [-0.2, 0) is 14.6 Å². The molecule has 0 aliphatic heterocycles. The molecule has 1 radical (unpaired) electrons. The number of hydrogen-bond acceptors (Lipinski definition) is 5. The average Bonchev–Trinajstić information content (AvgIpc) is 2.52. The summed E-state index contributed by atoms with van der Waals surface area (Å²) in [7, 11) is -0.117. The number of pyridine rings is 1. The molecule has 1 aliphatic rings. The van der Waals surface area contributed by atoms with Gasteiger partial charge in [-0.25, -0.2) is 17.8 Å². The zero-order valence-electron chi connectivity index (χ0n) is 13.4. The third-order valence-corrected chi connectivity index (χ3v) is 5.25. The highest BCUT2D eigenvalue weighted by molar-refractivity contribution is 7.92. The minimum Gasteiger partial charge on any atom is -0.377 e. The van der Waals surface area contributed by atoms with Crippen LogP contribution in [0.1, 0.15) is 6.92 Å². The zero-order valence-corrected chi connectivity index (χ0v) is 14.2. The van der Waals surface area contributed by atoms with Crippen molar-refractivity contribution in [1.29, 1.82) is 0 Å². The van der Waals surface area contributed by atoms with E-state index in [0.29, 0.717) is 18.0 Å². The molecule has 0 bridgehead atoms. The Morgan fingerprint density at radius 2 is 2.09 bits per heavy atom. The first-order valence-corrected chi connectivity index (χ1v) is 8.77. The summed E-state index contributed by atoms with van der Waals surface area (Å²) in [5, 5.41) is -1.06. The number of allylic oxidation sites excluding steroid dienone is 2. The Morgan fingerprint density at radius 1 is 1.35 bits per heavy atom. The quantitative estimate of drug-likeness (QED) is 0.796. The topological polar surface area (TPSA) is 59.5 Å². The van der Waals surface area contributed by atoms with Crippen molar-refractivity contribution in [3.05, 3.63) is 48.3 Å². The standard InChI is InChI=1S/C16H20FN2O3S/c1-4-22-11-12-7-13(17)9-15(8-12)23(20,21)14-5-6-16(18-10-14)19(2)3/h5-10,15H,4,11H2,1-3H3/t15-/m1/s1. The number of anilines is 1. The van der Waals surface area contributed by atoms with Crippen molar-refractivity contribution in [2.45, 2.75) is 17.1 Å². The maximum Gasteiger partial charge on any atom is 0.187 e. The first-order valence-electron chi connectivity index (χ1n) is 7.22. The van der Waals surface area contributed by atoms with Gasteiger partial charge in [-0.2, -0.15) is 0 Å². The van der Waals surface area contributed by atoms with E-state index in [0.717, 1.165) is 6.08 Å². The Morgan fingerprint density at radius 3 is 2.65 bits per heavy atom. The lowest BCUT2D eigenvalue weighted by atomic mass is 10.1. The monoisotopic (exact) mass is 339 g/mol. The molecule has 0 amide bonds. The number of sulfone groups is 1. The summed E-state index contributed by atoms with van der Waals surface area (Å²) < 4.78 is 44.3. The van der Waals surface area contributed by atoms with E-state index in [1.54, 1.807) is 11.0 Å². The van der Waals surface area contributed by atoms with Crippen LogP contribution in [0.3, 0.4) is 0 Å². The van der Waals surface area contributed by atoms with Crippen LogP contribution < -0.4 is 4.90 Å². The summed E-state index contributed by atoms with van der Waals surface area (Å²) in [5.74, 6) is 0.0730. The van der Waals surface area contributed by atoms with Crippen LogP contribution in [0.2, 0.25) is 0 Å². The summed E-state index contributed by atoms with van der Waals surface area (Å²) in [5.41, 5.74) is 0.512. The molecular formula is C16H20FN2O3S. The number of hydrogen-bond donors (Lipinski definition) is 0. The molecule has 0 aromatic carbocycles. The molecule has 0 fully saturated rings. The van der Waals surface area contributed by atoms with Gasteiger partial charge in [-0.05, 0) is 36.8 Å². The Kier molecular flexibility index (Phi) is 5.54. The average molecular weight is 339 g/mol. The molecule has 1 aromatic heterocycles. The van der Waals surface area contributed by atoms with Crippen molar-refractivity contribution >= 4 is 15.7 Å². The first kappa shape index (κ1) is 17.6. The molecule has 0 spiro atoms. The van der Waals surface area contributed by atoms with Crippen molar-refractivity contribution in [3.8, 4) is 0 Å². The number of rotatable bonds is 6. The number of halogens is 1. The molecule has 0 N–H and O–H groups in total. The summed E-state index contributed by atoms with van der Waals surface area (Å²) in [4.78, 5) is 5.94. The van der Waals surface area contributed by atoms with E-state index in [9.17, 15) is 12.8 Å². The normalized spacial score (nSPS) is 18.3. The molecule has 1 aliphatic carbocycles. The van der Waals surface area contributed by atoms with E-state index < -0.39 is 20.9 Å². The molecule has 7 heteroatoms. The Bertz CT molecular complexity index is 709. The van der Waals surface area contributed by atoms with E-state index in [4.69, 9.17) is 4.74 Å². The second-order valence-electron chi connectivity index (χ2n) is 5.33. The van der Waals surface area contributed by atoms with Crippen LogP contribution in [0.25, 0.3) is 0 Å². The predicted molar refractivity (Wildman–Crippen MR) is 87.6 cm³/mol. The van der Waals surface area contributed by atoms with Gasteiger partial charge < -0.3 is 9.64 Å². The molecule has 0 saturated carbocycles. The van der Waals surface area contributed by atoms with E-state index in [1.807, 2.05) is 21.0 Å². The van der Waals surface area contributed by atoms with E-state index in [1.165, 1.54) is 24.8 Å².